The van der Waals surface area contributed by atoms with E-state index in [1.165, 1.54) is 18.2 Å². The molecule has 0 fully saturated rings. The van der Waals surface area contributed by atoms with Crippen molar-refractivity contribution in [1.29, 1.82) is 5.26 Å². The van der Waals surface area contributed by atoms with Crippen LogP contribution in [0.1, 0.15) is 34.6 Å². The molecule has 0 radical (unpaired) electrons. The van der Waals surface area contributed by atoms with Gasteiger partial charge in [-0.3, -0.25) is 4.79 Å². The number of nitrogens with one attached hydrogen (secondary N) is 1. The van der Waals surface area contributed by atoms with Gasteiger partial charge >= 0.3 is 5.97 Å². The van der Waals surface area contributed by atoms with E-state index < -0.39 is 11.9 Å². The van der Waals surface area contributed by atoms with E-state index in [1.807, 2.05) is 43.3 Å². The predicted molar refractivity (Wildman–Crippen MR) is 113 cm³/mol. The van der Waals surface area contributed by atoms with Crippen molar-refractivity contribution >= 4 is 29.6 Å². The summed E-state index contributed by atoms with van der Waals surface area (Å²) in [5.41, 5.74) is 1.27. The van der Waals surface area contributed by atoms with Crippen LogP contribution in [-0.2, 0) is 4.79 Å². The first-order valence-corrected chi connectivity index (χ1v) is 9.37. The lowest BCUT2D eigenvalue weighted by Gasteiger charge is -2.13. The second-order valence-electron chi connectivity index (χ2n) is 6.48. The Morgan fingerprint density at radius 3 is 2.57 bits per heavy atom. The molecule has 30 heavy (non-hydrogen) atoms. The Balaban J connectivity index is 1.80. The molecule has 150 valence electrons. The van der Waals surface area contributed by atoms with Gasteiger partial charge in [0.05, 0.1) is 16.6 Å². The number of nitrogens with zero attached hydrogens (tertiary/aromatic N) is 1. The minimum Gasteiger partial charge on any atom is -0.478 e. The third-order valence-corrected chi connectivity index (χ3v) is 4.74. The molecular weight excluding hydrogens is 404 g/mol. The highest BCUT2D eigenvalue weighted by Crippen LogP contribution is 2.27. The van der Waals surface area contributed by atoms with Gasteiger partial charge in [0.15, 0.2) is 0 Å². The smallest absolute Gasteiger partial charge is 0.337 e. The lowest BCUT2D eigenvalue weighted by atomic mass is 10.1. The maximum Gasteiger partial charge on any atom is 0.337 e. The first kappa shape index (κ1) is 20.9. The average Bonchev–Trinajstić information content (AvgIpc) is 3.21. The number of carbonyl (C=O) groups is 2. The summed E-state index contributed by atoms with van der Waals surface area (Å²) in [5, 5.41) is 21.5. The fourth-order valence-electron chi connectivity index (χ4n) is 2.82. The molecule has 0 spiro atoms. The Morgan fingerprint density at radius 1 is 1.17 bits per heavy atom. The van der Waals surface area contributed by atoms with E-state index in [4.69, 9.17) is 16.0 Å². The van der Waals surface area contributed by atoms with Crippen molar-refractivity contribution in [2.75, 3.05) is 0 Å². The molecule has 1 aromatic heterocycles. The normalized spacial score (nSPS) is 12.1. The zero-order valence-corrected chi connectivity index (χ0v) is 16.7. The number of carbonyl (C=O) groups excluding carboxylic acids is 1. The molecule has 0 bridgehead atoms. The summed E-state index contributed by atoms with van der Waals surface area (Å²) in [6.45, 7) is 1.83. The molecule has 0 aliphatic heterocycles. The van der Waals surface area contributed by atoms with Crippen LogP contribution in [0.3, 0.4) is 0 Å². The summed E-state index contributed by atoms with van der Waals surface area (Å²) in [7, 11) is 0. The van der Waals surface area contributed by atoms with Crippen molar-refractivity contribution in [2.24, 2.45) is 0 Å². The van der Waals surface area contributed by atoms with Crippen LogP contribution in [0.4, 0.5) is 0 Å². The standard InChI is InChI=1S/C23H17ClN2O4/c1-14(15-5-3-2-4-6-15)26-22(27)17(13-25)11-18-8-10-21(30-18)16-7-9-20(24)19(12-16)23(28)29/h2-12,14H,1H3,(H,26,27)(H,28,29)/b17-11+/t14-/m0/s1. The molecule has 0 unspecified atom stereocenters. The van der Waals surface area contributed by atoms with Crippen LogP contribution in [0.2, 0.25) is 5.02 Å². The second kappa shape index (κ2) is 9.12. The number of nitriles is 1. The molecule has 1 atom stereocenters. The van der Waals surface area contributed by atoms with E-state index in [1.54, 1.807) is 18.2 Å². The molecule has 6 nitrogen and oxygen atoms in total. The van der Waals surface area contributed by atoms with Crippen molar-refractivity contribution in [3.05, 3.63) is 88.1 Å². The molecule has 0 saturated carbocycles. The second-order valence-corrected chi connectivity index (χ2v) is 6.88. The number of aromatic carboxylic acids is 1. The maximum absolute atomic E-state index is 12.5. The van der Waals surface area contributed by atoms with Crippen molar-refractivity contribution in [3.8, 4) is 17.4 Å². The molecule has 2 N–H and O–H groups in total. The third kappa shape index (κ3) is 4.77. The fraction of sp³-hybridized carbons (Fsp3) is 0.0870. The number of halogens is 1. The highest BCUT2D eigenvalue weighted by Gasteiger charge is 2.16. The van der Waals surface area contributed by atoms with Gasteiger partial charge in [0.1, 0.15) is 23.2 Å². The molecule has 0 aliphatic rings. The zero-order valence-electron chi connectivity index (χ0n) is 15.9. The minimum absolute atomic E-state index is 0.0466. The highest BCUT2D eigenvalue weighted by molar-refractivity contribution is 6.33. The van der Waals surface area contributed by atoms with Crippen LogP contribution in [0.5, 0.6) is 0 Å². The molecule has 3 rings (SSSR count). The molecule has 1 amide bonds. The van der Waals surface area contributed by atoms with Crippen LogP contribution >= 0.6 is 11.6 Å². The first-order chi connectivity index (χ1) is 14.4. The first-order valence-electron chi connectivity index (χ1n) is 8.99. The number of carboxylic acids is 1. The molecule has 2 aromatic carbocycles. The van der Waals surface area contributed by atoms with Crippen molar-refractivity contribution in [3.63, 3.8) is 0 Å². The lowest BCUT2D eigenvalue weighted by Crippen LogP contribution is -2.27. The van der Waals surface area contributed by atoms with Gasteiger partial charge in [-0.25, -0.2) is 4.79 Å². The number of rotatable bonds is 6. The highest BCUT2D eigenvalue weighted by atomic mass is 35.5. The largest absolute Gasteiger partial charge is 0.478 e. The minimum atomic E-state index is -1.15. The Hall–Kier alpha value is -3.82. The van der Waals surface area contributed by atoms with E-state index in [0.29, 0.717) is 11.3 Å². The van der Waals surface area contributed by atoms with Crippen LogP contribution in [0.15, 0.2) is 70.7 Å². The van der Waals surface area contributed by atoms with Gasteiger partial charge in [0.2, 0.25) is 0 Å². The van der Waals surface area contributed by atoms with E-state index in [2.05, 4.69) is 5.32 Å². The van der Waals surface area contributed by atoms with E-state index >= 15 is 0 Å². The molecule has 0 aliphatic carbocycles. The Bertz CT molecular complexity index is 1160. The van der Waals surface area contributed by atoms with Crippen molar-refractivity contribution in [2.45, 2.75) is 13.0 Å². The SMILES string of the molecule is C[C@H](NC(=O)/C(C#N)=C/c1ccc(-c2ccc(Cl)c(C(=O)O)c2)o1)c1ccccc1. The van der Waals surface area contributed by atoms with Gasteiger partial charge in [-0.2, -0.15) is 5.26 Å². The molecule has 1 heterocycles. The van der Waals surface area contributed by atoms with Crippen LogP contribution in [0, 0.1) is 11.3 Å². The van der Waals surface area contributed by atoms with Gasteiger partial charge in [0.25, 0.3) is 5.91 Å². The Labute approximate surface area is 178 Å². The number of hydrogen-bond acceptors (Lipinski definition) is 4. The topological polar surface area (TPSA) is 103 Å². The number of amides is 1. The molecule has 0 saturated heterocycles. The number of carboxylic acid groups (broad SMARTS) is 1. The summed E-state index contributed by atoms with van der Waals surface area (Å²) >= 11 is 5.89. The summed E-state index contributed by atoms with van der Waals surface area (Å²) in [6, 6.07) is 18.7. The van der Waals surface area contributed by atoms with Gasteiger partial charge < -0.3 is 14.8 Å². The van der Waals surface area contributed by atoms with E-state index in [-0.39, 0.29) is 28.0 Å². The van der Waals surface area contributed by atoms with Gasteiger partial charge in [-0.05, 0) is 42.8 Å². The number of furan rings is 1. The molecule has 3 aromatic rings. The molecular formula is C23H17ClN2O4. The number of hydrogen-bond donors (Lipinski definition) is 2. The van der Waals surface area contributed by atoms with Gasteiger partial charge in [0, 0.05) is 11.6 Å². The maximum atomic E-state index is 12.5. The fourth-order valence-corrected chi connectivity index (χ4v) is 3.02. The summed E-state index contributed by atoms with van der Waals surface area (Å²) in [4.78, 5) is 23.7. The third-order valence-electron chi connectivity index (χ3n) is 4.41. The van der Waals surface area contributed by atoms with E-state index in [0.717, 1.165) is 5.56 Å². The quantitative estimate of drug-likeness (QED) is 0.427. The lowest BCUT2D eigenvalue weighted by molar-refractivity contribution is -0.117. The molecule has 7 heteroatoms. The number of benzene rings is 2. The summed E-state index contributed by atoms with van der Waals surface area (Å²) in [5.74, 6) is -0.998. The van der Waals surface area contributed by atoms with Gasteiger partial charge in [-0.1, -0.05) is 41.9 Å². The summed E-state index contributed by atoms with van der Waals surface area (Å²) in [6.07, 6.45) is 1.34. The van der Waals surface area contributed by atoms with Crippen LogP contribution in [-0.4, -0.2) is 17.0 Å². The van der Waals surface area contributed by atoms with Crippen molar-refractivity contribution in [1.82, 2.24) is 5.32 Å². The van der Waals surface area contributed by atoms with Gasteiger partial charge in [-0.15, -0.1) is 0 Å². The Kier molecular flexibility index (Phi) is 6.35. The predicted octanol–water partition coefficient (Wildman–Crippen LogP) is 5.08. The Morgan fingerprint density at radius 2 is 1.90 bits per heavy atom. The average molecular weight is 421 g/mol. The van der Waals surface area contributed by atoms with Crippen molar-refractivity contribution < 1.29 is 19.1 Å². The van der Waals surface area contributed by atoms with Crippen LogP contribution in [0.25, 0.3) is 17.4 Å². The monoisotopic (exact) mass is 420 g/mol. The van der Waals surface area contributed by atoms with Crippen LogP contribution < -0.4 is 5.32 Å². The summed E-state index contributed by atoms with van der Waals surface area (Å²) < 4.78 is 5.67. The van der Waals surface area contributed by atoms with E-state index in [9.17, 15) is 20.0 Å². The zero-order chi connectivity index (χ0) is 21.7.